The summed E-state index contributed by atoms with van der Waals surface area (Å²) in [5.41, 5.74) is 1.82. The van der Waals surface area contributed by atoms with Crippen LogP contribution < -0.4 is 0 Å². The second-order valence-electron chi connectivity index (χ2n) is 4.49. The molecule has 0 spiro atoms. The van der Waals surface area contributed by atoms with Crippen molar-refractivity contribution in [1.82, 2.24) is 4.57 Å². The smallest absolute Gasteiger partial charge is 0.125 e. The van der Waals surface area contributed by atoms with Gasteiger partial charge in [-0.05, 0) is 29.7 Å². The monoisotopic (exact) mass is 229 g/mol. The molecule has 2 aromatic rings. The lowest BCUT2D eigenvalue weighted by molar-refractivity contribution is 0.627. The molecule has 0 aliphatic carbocycles. The third kappa shape index (κ3) is 2.31. The Kier molecular flexibility index (Phi) is 3.14. The molecule has 3 heteroatoms. The van der Waals surface area contributed by atoms with Crippen molar-refractivity contribution < 1.29 is 4.39 Å². The Morgan fingerprint density at radius 3 is 2.82 bits per heavy atom. The first-order chi connectivity index (χ1) is 8.11. The molecule has 0 aliphatic rings. The fourth-order valence-corrected chi connectivity index (χ4v) is 2.04. The summed E-state index contributed by atoms with van der Waals surface area (Å²) in [7, 11) is 0. The highest BCUT2D eigenvalue weighted by Crippen LogP contribution is 2.24. The van der Waals surface area contributed by atoms with E-state index in [2.05, 4.69) is 6.07 Å². The van der Waals surface area contributed by atoms with E-state index < -0.39 is 0 Å². The average molecular weight is 229 g/mol. The van der Waals surface area contributed by atoms with Crippen LogP contribution in [0.4, 0.5) is 4.39 Å². The molecule has 0 unspecified atom stereocenters. The third-order valence-electron chi connectivity index (χ3n) is 2.68. The van der Waals surface area contributed by atoms with Gasteiger partial charge in [-0.25, -0.2) is 4.39 Å². The largest absolute Gasteiger partial charge is 0.347 e. The lowest BCUT2D eigenvalue weighted by Crippen LogP contribution is -2.01. The van der Waals surface area contributed by atoms with Crippen molar-refractivity contribution in [1.29, 1.82) is 5.26 Å². The van der Waals surface area contributed by atoms with Crippen molar-refractivity contribution in [3.8, 4) is 6.07 Å². The molecule has 1 heterocycles. The molecule has 1 aromatic carbocycles. The molecule has 87 valence electrons. The number of nitriles is 1. The van der Waals surface area contributed by atoms with E-state index in [1.807, 2.05) is 24.6 Å². The van der Waals surface area contributed by atoms with Gasteiger partial charge in [0.15, 0.2) is 0 Å². The number of benzene rings is 1. The summed E-state index contributed by atoms with van der Waals surface area (Å²) < 4.78 is 15.3. The van der Waals surface area contributed by atoms with Gasteiger partial charge in [-0.1, -0.05) is 13.8 Å². The molecule has 0 N–H and O–H groups in total. The van der Waals surface area contributed by atoms with Gasteiger partial charge in [-0.15, -0.1) is 0 Å². The highest BCUT2D eigenvalue weighted by Gasteiger charge is 2.10. The van der Waals surface area contributed by atoms with Crippen molar-refractivity contribution in [2.24, 2.45) is 0 Å². The molecular formula is C14H14FN2. The summed E-state index contributed by atoms with van der Waals surface area (Å²) in [6, 6.07) is 6.86. The first-order valence-electron chi connectivity index (χ1n) is 5.55. The third-order valence-corrected chi connectivity index (χ3v) is 2.68. The molecule has 0 aliphatic heterocycles. The van der Waals surface area contributed by atoms with Crippen LogP contribution in [0.15, 0.2) is 24.4 Å². The number of fused-ring (bicyclic) bond motifs is 1. The van der Waals surface area contributed by atoms with Gasteiger partial charge < -0.3 is 4.57 Å². The van der Waals surface area contributed by atoms with Crippen molar-refractivity contribution in [3.63, 3.8) is 0 Å². The van der Waals surface area contributed by atoms with Crippen molar-refractivity contribution >= 4 is 10.9 Å². The molecule has 0 amide bonds. The Bertz CT molecular complexity index is 576. The van der Waals surface area contributed by atoms with Crippen molar-refractivity contribution in [2.45, 2.75) is 26.8 Å². The van der Waals surface area contributed by atoms with Crippen LogP contribution in [0.5, 0.6) is 0 Å². The Morgan fingerprint density at radius 2 is 2.18 bits per heavy atom. The van der Waals surface area contributed by atoms with E-state index in [9.17, 15) is 4.39 Å². The van der Waals surface area contributed by atoms with Gasteiger partial charge in [-0.3, -0.25) is 0 Å². The maximum atomic E-state index is 13.3. The highest BCUT2D eigenvalue weighted by molar-refractivity contribution is 5.84. The van der Waals surface area contributed by atoms with Crippen molar-refractivity contribution in [3.05, 3.63) is 41.7 Å². The number of nitrogens with zero attached hydrogens (tertiary/aromatic N) is 2. The van der Waals surface area contributed by atoms with Crippen LogP contribution in [0.25, 0.3) is 10.9 Å². The number of rotatable bonds is 3. The van der Waals surface area contributed by atoms with E-state index in [-0.39, 0.29) is 5.82 Å². The number of hydrogen-bond acceptors (Lipinski definition) is 1. The summed E-state index contributed by atoms with van der Waals surface area (Å²) in [5.74, 6) is 1.00. The van der Waals surface area contributed by atoms with Crippen LogP contribution in [0.2, 0.25) is 0 Å². The zero-order chi connectivity index (χ0) is 12.4. The summed E-state index contributed by atoms with van der Waals surface area (Å²) in [4.78, 5) is 0. The molecule has 0 fully saturated rings. The van der Waals surface area contributed by atoms with E-state index in [1.54, 1.807) is 6.07 Å². The van der Waals surface area contributed by atoms with Gasteiger partial charge in [0.1, 0.15) is 5.82 Å². The average Bonchev–Trinajstić information content (AvgIpc) is 2.56. The Morgan fingerprint density at radius 1 is 1.41 bits per heavy atom. The van der Waals surface area contributed by atoms with E-state index >= 15 is 0 Å². The van der Waals surface area contributed by atoms with Gasteiger partial charge in [0.2, 0.25) is 0 Å². The molecule has 2 rings (SSSR count). The van der Waals surface area contributed by atoms with Gasteiger partial charge in [0.25, 0.3) is 0 Å². The highest BCUT2D eigenvalue weighted by atomic mass is 19.1. The van der Waals surface area contributed by atoms with E-state index in [4.69, 9.17) is 5.26 Å². The Balaban J connectivity index is 2.59. The Hall–Kier alpha value is -1.82. The first-order valence-corrected chi connectivity index (χ1v) is 5.55. The first kappa shape index (κ1) is 11.7. The van der Waals surface area contributed by atoms with Crippen LogP contribution >= 0.6 is 0 Å². The maximum Gasteiger partial charge on any atom is 0.125 e. The molecule has 0 bridgehead atoms. The van der Waals surface area contributed by atoms with Crippen LogP contribution in [0, 0.1) is 23.1 Å². The second-order valence-corrected chi connectivity index (χ2v) is 4.49. The molecule has 17 heavy (non-hydrogen) atoms. The molecule has 0 saturated carbocycles. The normalized spacial score (nSPS) is 11.0. The number of aromatic nitrogens is 1. The molecular weight excluding hydrogens is 215 g/mol. The standard InChI is InChI=1S/C14H14FN2/c1-10(2)8-17-9-11(5-6-16)13-4-3-12(15)7-14(13)17/h3-4,7,9H,5,8H2,1-2H3. The summed E-state index contributed by atoms with van der Waals surface area (Å²) in [5, 5.41) is 9.75. The number of hydrogen-bond donors (Lipinski definition) is 0. The zero-order valence-electron chi connectivity index (χ0n) is 10.00. The zero-order valence-corrected chi connectivity index (χ0v) is 10.00. The molecule has 1 aromatic heterocycles. The van der Waals surface area contributed by atoms with Gasteiger partial charge in [0.05, 0.1) is 18.0 Å². The predicted octanol–water partition coefficient (Wildman–Crippen LogP) is 3.46. The van der Waals surface area contributed by atoms with Gasteiger partial charge >= 0.3 is 0 Å². The SMILES string of the molecule is C[C](C)Cn1cc(CC#N)c2ccc(F)cc21. The second kappa shape index (κ2) is 4.58. The topological polar surface area (TPSA) is 28.7 Å². The van der Waals surface area contributed by atoms with Gasteiger partial charge in [-0.2, -0.15) is 5.26 Å². The summed E-state index contributed by atoms with van der Waals surface area (Å²) in [6.07, 6.45) is 2.30. The van der Waals surface area contributed by atoms with E-state index in [0.29, 0.717) is 6.42 Å². The summed E-state index contributed by atoms with van der Waals surface area (Å²) in [6.45, 7) is 4.83. The van der Waals surface area contributed by atoms with Gasteiger partial charge in [0, 0.05) is 18.1 Å². The fourth-order valence-electron chi connectivity index (χ4n) is 2.04. The molecule has 0 atom stereocenters. The lowest BCUT2D eigenvalue weighted by Gasteiger charge is -2.07. The quantitative estimate of drug-likeness (QED) is 0.792. The minimum atomic E-state index is -0.242. The number of halogens is 1. The molecule has 0 saturated heterocycles. The maximum absolute atomic E-state index is 13.3. The summed E-state index contributed by atoms with van der Waals surface area (Å²) >= 11 is 0. The van der Waals surface area contributed by atoms with Crippen LogP contribution in [-0.2, 0) is 13.0 Å². The molecule has 2 nitrogen and oxygen atoms in total. The Labute approximate surface area is 100 Å². The minimum absolute atomic E-state index is 0.242. The lowest BCUT2D eigenvalue weighted by atomic mass is 10.1. The van der Waals surface area contributed by atoms with Crippen LogP contribution in [0.1, 0.15) is 19.4 Å². The van der Waals surface area contributed by atoms with E-state index in [0.717, 1.165) is 23.0 Å². The predicted molar refractivity (Wildman–Crippen MR) is 65.8 cm³/mol. The minimum Gasteiger partial charge on any atom is -0.347 e. The molecule has 1 radical (unpaired) electrons. The van der Waals surface area contributed by atoms with Crippen LogP contribution in [0.3, 0.4) is 0 Å². The van der Waals surface area contributed by atoms with Crippen LogP contribution in [-0.4, -0.2) is 4.57 Å². The fraction of sp³-hybridized carbons (Fsp3) is 0.286. The van der Waals surface area contributed by atoms with E-state index in [1.165, 1.54) is 18.1 Å². The van der Waals surface area contributed by atoms with Crippen molar-refractivity contribution in [2.75, 3.05) is 0 Å².